The van der Waals surface area contributed by atoms with E-state index in [1.54, 1.807) is 6.07 Å². The van der Waals surface area contributed by atoms with E-state index in [1.165, 1.54) is 0 Å². The van der Waals surface area contributed by atoms with E-state index < -0.39 is 0 Å². The van der Waals surface area contributed by atoms with Crippen molar-refractivity contribution in [3.8, 4) is 17.1 Å². The van der Waals surface area contributed by atoms with Gasteiger partial charge in [0.15, 0.2) is 5.82 Å². The number of fused-ring (bicyclic) bond motifs is 3. The molecule has 0 bridgehead atoms. The Labute approximate surface area is 144 Å². The first-order valence-electron chi connectivity index (χ1n) is 7.67. The Hall–Kier alpha value is -2.57. The van der Waals surface area contributed by atoms with E-state index in [-0.39, 0.29) is 5.92 Å². The third kappa shape index (κ3) is 2.31. The molecule has 0 aliphatic carbocycles. The van der Waals surface area contributed by atoms with Gasteiger partial charge in [0.2, 0.25) is 0 Å². The minimum Gasteiger partial charge on any atom is -0.383 e. The van der Waals surface area contributed by atoms with Gasteiger partial charge in [0.1, 0.15) is 5.82 Å². The van der Waals surface area contributed by atoms with Gasteiger partial charge in [-0.1, -0.05) is 30.7 Å². The quantitative estimate of drug-likeness (QED) is 0.616. The molecule has 0 spiro atoms. The average Bonchev–Trinajstić information content (AvgIpc) is 2.99. The molecule has 0 amide bonds. The lowest BCUT2D eigenvalue weighted by Gasteiger charge is -2.14. The van der Waals surface area contributed by atoms with Gasteiger partial charge < -0.3 is 5.32 Å². The molecule has 122 valence electrons. The van der Waals surface area contributed by atoms with Crippen molar-refractivity contribution in [3.05, 3.63) is 53.3 Å². The summed E-state index contributed by atoms with van der Waals surface area (Å²) in [6.45, 7) is 2.84. The summed E-state index contributed by atoms with van der Waals surface area (Å²) in [7, 11) is 0. The van der Waals surface area contributed by atoms with Crippen molar-refractivity contribution in [1.29, 1.82) is 0 Å². The SMILES string of the molecule is CC1CNc2cc(Cl)ccc2-n2c(-c3ccccc3NO)nnc21. The van der Waals surface area contributed by atoms with Crippen LogP contribution in [0.4, 0.5) is 11.4 Å². The molecule has 6 nitrogen and oxygen atoms in total. The monoisotopic (exact) mass is 341 g/mol. The van der Waals surface area contributed by atoms with Crippen molar-refractivity contribution in [2.45, 2.75) is 12.8 Å². The van der Waals surface area contributed by atoms with E-state index in [1.807, 2.05) is 41.0 Å². The smallest absolute Gasteiger partial charge is 0.170 e. The fraction of sp³-hybridized carbons (Fsp3) is 0.176. The van der Waals surface area contributed by atoms with Gasteiger partial charge in [-0.25, -0.2) is 0 Å². The fourth-order valence-corrected chi connectivity index (χ4v) is 3.17. The van der Waals surface area contributed by atoms with Crippen molar-refractivity contribution < 1.29 is 5.21 Å². The molecule has 1 unspecified atom stereocenters. The molecule has 2 heterocycles. The lowest BCUT2D eigenvalue weighted by atomic mass is 10.1. The maximum atomic E-state index is 9.42. The minimum absolute atomic E-state index is 0.173. The third-order valence-corrected chi connectivity index (χ3v) is 4.45. The largest absolute Gasteiger partial charge is 0.383 e. The van der Waals surface area contributed by atoms with Crippen molar-refractivity contribution in [1.82, 2.24) is 14.8 Å². The zero-order valence-corrected chi connectivity index (χ0v) is 13.7. The topological polar surface area (TPSA) is 75.0 Å². The Morgan fingerprint density at radius 3 is 2.92 bits per heavy atom. The molecular weight excluding hydrogens is 326 g/mol. The average molecular weight is 342 g/mol. The summed E-state index contributed by atoms with van der Waals surface area (Å²) in [5.74, 6) is 1.71. The first kappa shape index (κ1) is 15.0. The third-order valence-electron chi connectivity index (χ3n) is 4.22. The zero-order valence-electron chi connectivity index (χ0n) is 13.0. The molecular formula is C17H16ClN5O. The van der Waals surface area contributed by atoms with Crippen LogP contribution >= 0.6 is 11.6 Å². The van der Waals surface area contributed by atoms with Gasteiger partial charge in [-0.2, -0.15) is 0 Å². The van der Waals surface area contributed by atoms with E-state index in [0.29, 0.717) is 16.5 Å². The van der Waals surface area contributed by atoms with Crippen LogP contribution in [0.2, 0.25) is 5.02 Å². The number of aromatic nitrogens is 3. The van der Waals surface area contributed by atoms with E-state index in [9.17, 15) is 5.21 Å². The van der Waals surface area contributed by atoms with Crippen molar-refractivity contribution >= 4 is 23.0 Å². The van der Waals surface area contributed by atoms with E-state index >= 15 is 0 Å². The molecule has 0 saturated heterocycles. The lowest BCUT2D eigenvalue weighted by molar-refractivity contribution is 0.389. The number of halogens is 1. The van der Waals surface area contributed by atoms with Crippen LogP contribution in [0.5, 0.6) is 0 Å². The number of nitrogens with one attached hydrogen (secondary N) is 2. The molecule has 24 heavy (non-hydrogen) atoms. The molecule has 1 atom stereocenters. The Morgan fingerprint density at radius 2 is 2.08 bits per heavy atom. The molecule has 1 aromatic heterocycles. The number of nitrogens with zero attached hydrogens (tertiary/aromatic N) is 3. The maximum Gasteiger partial charge on any atom is 0.170 e. The summed E-state index contributed by atoms with van der Waals surface area (Å²) < 4.78 is 2.02. The fourth-order valence-electron chi connectivity index (χ4n) is 3.00. The van der Waals surface area contributed by atoms with Gasteiger partial charge >= 0.3 is 0 Å². The Kier molecular flexibility index (Phi) is 3.63. The van der Waals surface area contributed by atoms with E-state index in [2.05, 4.69) is 27.9 Å². The number of benzene rings is 2. The summed E-state index contributed by atoms with van der Waals surface area (Å²) in [6, 6.07) is 13.1. The van der Waals surface area contributed by atoms with E-state index in [4.69, 9.17) is 11.6 Å². The second-order valence-electron chi connectivity index (χ2n) is 5.82. The molecule has 1 aliphatic rings. The predicted octanol–water partition coefficient (Wildman–Crippen LogP) is 3.92. The van der Waals surface area contributed by atoms with Gasteiger partial charge in [-0.05, 0) is 30.3 Å². The molecule has 3 aromatic rings. The van der Waals surface area contributed by atoms with Crippen LogP contribution in [0.25, 0.3) is 17.1 Å². The first-order valence-corrected chi connectivity index (χ1v) is 8.05. The van der Waals surface area contributed by atoms with Crippen LogP contribution in [-0.4, -0.2) is 26.5 Å². The number of hydrogen-bond acceptors (Lipinski definition) is 5. The molecule has 4 rings (SSSR count). The highest BCUT2D eigenvalue weighted by Gasteiger charge is 2.25. The molecule has 3 N–H and O–H groups in total. The van der Waals surface area contributed by atoms with Crippen molar-refractivity contribution in [2.75, 3.05) is 17.3 Å². The van der Waals surface area contributed by atoms with Crippen LogP contribution in [0.15, 0.2) is 42.5 Å². The Bertz CT molecular complexity index is 908. The maximum absolute atomic E-state index is 9.42. The highest BCUT2D eigenvalue weighted by molar-refractivity contribution is 6.31. The summed E-state index contributed by atoms with van der Waals surface area (Å²) in [4.78, 5) is 0. The second-order valence-corrected chi connectivity index (χ2v) is 6.25. The molecule has 1 aliphatic heterocycles. The van der Waals surface area contributed by atoms with Crippen LogP contribution in [0, 0.1) is 0 Å². The van der Waals surface area contributed by atoms with Gasteiger partial charge in [-0.3, -0.25) is 15.3 Å². The zero-order chi connectivity index (χ0) is 16.7. The van der Waals surface area contributed by atoms with Crippen molar-refractivity contribution in [3.63, 3.8) is 0 Å². The number of anilines is 2. The summed E-state index contributed by atoms with van der Waals surface area (Å²) >= 11 is 6.15. The summed E-state index contributed by atoms with van der Waals surface area (Å²) in [5.41, 5.74) is 5.45. The van der Waals surface area contributed by atoms with E-state index in [0.717, 1.165) is 29.3 Å². The predicted molar refractivity (Wildman–Crippen MR) is 94.1 cm³/mol. The lowest BCUT2D eigenvalue weighted by Crippen LogP contribution is -2.09. The highest BCUT2D eigenvalue weighted by Crippen LogP contribution is 2.36. The van der Waals surface area contributed by atoms with Gasteiger partial charge in [0.25, 0.3) is 0 Å². The molecule has 0 saturated carbocycles. The number of hydrogen-bond donors (Lipinski definition) is 3. The van der Waals surface area contributed by atoms with Crippen LogP contribution in [0.3, 0.4) is 0 Å². The van der Waals surface area contributed by atoms with Crippen LogP contribution in [-0.2, 0) is 0 Å². The van der Waals surface area contributed by atoms with Crippen molar-refractivity contribution in [2.24, 2.45) is 0 Å². The summed E-state index contributed by atoms with van der Waals surface area (Å²) in [6.07, 6.45) is 0. The van der Waals surface area contributed by atoms with Crippen LogP contribution < -0.4 is 10.8 Å². The first-order chi connectivity index (χ1) is 11.7. The molecule has 0 fully saturated rings. The van der Waals surface area contributed by atoms with Gasteiger partial charge in [0.05, 0.1) is 17.1 Å². The molecule has 0 radical (unpaired) electrons. The molecule has 7 heteroatoms. The standard InChI is InChI=1S/C17H16ClN5O/c1-10-9-19-14-8-11(18)6-7-15(14)23-16(10)20-21-17(23)12-4-2-3-5-13(12)22-24/h2-8,10,19,22,24H,9H2,1H3. The number of para-hydroxylation sites is 1. The molecule has 2 aromatic carbocycles. The van der Waals surface area contributed by atoms with Gasteiger partial charge in [0, 0.05) is 23.0 Å². The van der Waals surface area contributed by atoms with Crippen LogP contribution in [0.1, 0.15) is 18.7 Å². The second kappa shape index (κ2) is 5.81. The minimum atomic E-state index is 0.173. The normalized spacial score (nSPS) is 15.9. The number of rotatable bonds is 2. The Balaban J connectivity index is 2.00. The Morgan fingerprint density at radius 1 is 1.25 bits per heavy atom. The summed E-state index contributed by atoms with van der Waals surface area (Å²) in [5, 5.41) is 22.3. The van der Waals surface area contributed by atoms with Gasteiger partial charge in [-0.15, -0.1) is 10.2 Å². The highest BCUT2D eigenvalue weighted by atomic mass is 35.5.